The summed E-state index contributed by atoms with van der Waals surface area (Å²) in [6, 6.07) is 11.3. The number of carbonyl (C=O) groups is 2. The number of sulfonamides is 1. The lowest BCUT2D eigenvalue weighted by atomic mass is 10.1. The monoisotopic (exact) mass is 523 g/mol. The summed E-state index contributed by atoms with van der Waals surface area (Å²) in [5.41, 5.74) is 2.07. The number of aryl methyl sites for hydroxylation is 1. The van der Waals surface area contributed by atoms with Crippen molar-refractivity contribution in [3.05, 3.63) is 58.6 Å². The topological polar surface area (TPSA) is 96.0 Å². The van der Waals surface area contributed by atoms with E-state index in [4.69, 9.17) is 16.3 Å². The highest BCUT2D eigenvalue weighted by atomic mass is 35.5. The maximum atomic E-state index is 13.7. The van der Waals surface area contributed by atoms with Crippen LogP contribution in [0.3, 0.4) is 0 Å². The molecule has 2 rings (SSSR count). The molecule has 0 spiro atoms. The van der Waals surface area contributed by atoms with Gasteiger partial charge in [0.15, 0.2) is 0 Å². The van der Waals surface area contributed by atoms with E-state index in [9.17, 15) is 18.0 Å². The van der Waals surface area contributed by atoms with Gasteiger partial charge in [-0.25, -0.2) is 8.42 Å². The van der Waals surface area contributed by atoms with Gasteiger partial charge in [-0.2, -0.15) is 0 Å². The Morgan fingerprint density at radius 2 is 1.83 bits per heavy atom. The minimum Gasteiger partial charge on any atom is -0.495 e. The third-order valence-corrected chi connectivity index (χ3v) is 7.08. The lowest BCUT2D eigenvalue weighted by Crippen LogP contribution is -2.52. The van der Waals surface area contributed by atoms with Gasteiger partial charge in [-0.1, -0.05) is 49.7 Å². The first-order chi connectivity index (χ1) is 16.5. The summed E-state index contributed by atoms with van der Waals surface area (Å²) in [6.45, 7) is 5.88. The van der Waals surface area contributed by atoms with Gasteiger partial charge in [0.05, 0.1) is 24.1 Å². The normalized spacial score (nSPS) is 12.1. The molecule has 1 atom stereocenters. The van der Waals surface area contributed by atoms with Crippen molar-refractivity contribution in [1.82, 2.24) is 10.2 Å². The molecule has 0 saturated heterocycles. The zero-order chi connectivity index (χ0) is 26.2. The minimum atomic E-state index is -3.84. The van der Waals surface area contributed by atoms with E-state index in [0.29, 0.717) is 18.7 Å². The van der Waals surface area contributed by atoms with Crippen molar-refractivity contribution in [3.8, 4) is 5.75 Å². The molecule has 1 N–H and O–H groups in total. The van der Waals surface area contributed by atoms with Gasteiger partial charge < -0.3 is 15.0 Å². The summed E-state index contributed by atoms with van der Waals surface area (Å²) < 4.78 is 31.5. The van der Waals surface area contributed by atoms with E-state index in [0.717, 1.165) is 28.1 Å². The Hall–Kier alpha value is -2.78. The Balaban J connectivity index is 2.46. The first-order valence-electron chi connectivity index (χ1n) is 11.5. The summed E-state index contributed by atoms with van der Waals surface area (Å²) in [7, 11) is -2.39. The summed E-state index contributed by atoms with van der Waals surface area (Å²) in [5, 5.41) is 3.07. The van der Waals surface area contributed by atoms with Gasteiger partial charge in [-0.15, -0.1) is 0 Å². The van der Waals surface area contributed by atoms with E-state index < -0.39 is 28.5 Å². The van der Waals surface area contributed by atoms with E-state index in [1.54, 1.807) is 6.07 Å². The quantitative estimate of drug-likeness (QED) is 0.457. The van der Waals surface area contributed by atoms with Gasteiger partial charge in [0.2, 0.25) is 21.8 Å². The Labute approximate surface area is 213 Å². The van der Waals surface area contributed by atoms with Gasteiger partial charge in [-0.3, -0.25) is 13.9 Å². The molecule has 0 unspecified atom stereocenters. The highest BCUT2D eigenvalue weighted by Gasteiger charge is 2.32. The number of ether oxygens (including phenoxy) is 1. The van der Waals surface area contributed by atoms with Crippen molar-refractivity contribution in [1.29, 1.82) is 0 Å². The second-order valence-electron chi connectivity index (χ2n) is 8.25. The molecule has 0 radical (unpaired) electrons. The van der Waals surface area contributed by atoms with E-state index in [1.165, 1.54) is 24.1 Å². The molecular weight excluding hydrogens is 490 g/mol. The Bertz CT molecular complexity index is 1140. The number of anilines is 1. The van der Waals surface area contributed by atoms with Crippen LogP contribution in [0.4, 0.5) is 5.69 Å². The van der Waals surface area contributed by atoms with Crippen LogP contribution in [0.15, 0.2) is 42.5 Å². The van der Waals surface area contributed by atoms with Gasteiger partial charge in [0.1, 0.15) is 18.3 Å². The molecule has 2 amide bonds. The summed E-state index contributed by atoms with van der Waals surface area (Å²) in [5.74, 6) is -0.381. The number of amides is 2. The molecule has 0 bridgehead atoms. The molecule has 0 aromatic heterocycles. The van der Waals surface area contributed by atoms with Gasteiger partial charge in [0, 0.05) is 13.1 Å². The van der Waals surface area contributed by atoms with Crippen LogP contribution < -0.4 is 14.4 Å². The molecule has 2 aromatic carbocycles. The van der Waals surface area contributed by atoms with Gasteiger partial charge >= 0.3 is 0 Å². The maximum Gasteiger partial charge on any atom is 0.244 e. The second kappa shape index (κ2) is 12.8. The van der Waals surface area contributed by atoms with Crippen molar-refractivity contribution in [2.45, 2.75) is 46.2 Å². The fraction of sp³-hybridized carbons (Fsp3) is 0.440. The zero-order valence-electron chi connectivity index (χ0n) is 20.9. The molecule has 8 nitrogen and oxygen atoms in total. The molecular formula is C25H34ClN3O5S. The minimum absolute atomic E-state index is 0.171. The molecule has 0 heterocycles. The molecule has 0 aliphatic heterocycles. The summed E-state index contributed by atoms with van der Waals surface area (Å²) in [4.78, 5) is 28.1. The van der Waals surface area contributed by atoms with Crippen LogP contribution in [0.1, 0.15) is 37.8 Å². The lowest BCUT2D eigenvalue weighted by Gasteiger charge is -2.33. The first-order valence-corrected chi connectivity index (χ1v) is 13.7. The van der Waals surface area contributed by atoms with E-state index in [2.05, 4.69) is 5.32 Å². The highest BCUT2D eigenvalue weighted by molar-refractivity contribution is 7.92. The van der Waals surface area contributed by atoms with E-state index in [-0.39, 0.29) is 23.2 Å². The molecule has 0 aliphatic rings. The van der Waals surface area contributed by atoms with Gasteiger partial charge in [0.25, 0.3) is 0 Å². The molecule has 10 heteroatoms. The smallest absolute Gasteiger partial charge is 0.244 e. The summed E-state index contributed by atoms with van der Waals surface area (Å²) in [6.07, 6.45) is 2.16. The number of nitrogens with zero attached hydrogens (tertiary/aromatic N) is 2. The standard InChI is InChI=1S/C25H34ClN3O5S/c1-6-14-27-25(31)22(7-2)28(16-19-11-9-8-10-18(19)3)24(30)17-29(35(5,32)33)20-12-13-23(34-4)21(26)15-20/h8-13,15,22H,6-7,14,16-17H2,1-5H3,(H,27,31)/t22-/m0/s1. The summed E-state index contributed by atoms with van der Waals surface area (Å²) >= 11 is 6.22. The number of nitrogens with one attached hydrogen (secondary N) is 1. The van der Waals surface area contributed by atoms with Crippen LogP contribution >= 0.6 is 11.6 Å². The SMILES string of the molecule is CCCNC(=O)[C@H](CC)N(Cc1ccccc1C)C(=O)CN(c1ccc(OC)c(Cl)c1)S(C)(=O)=O. The molecule has 0 aliphatic carbocycles. The predicted octanol–water partition coefficient (Wildman–Crippen LogP) is 3.76. The molecule has 35 heavy (non-hydrogen) atoms. The zero-order valence-corrected chi connectivity index (χ0v) is 22.4. The van der Waals surface area contributed by atoms with Crippen LogP contribution in [0, 0.1) is 6.92 Å². The van der Waals surface area contributed by atoms with E-state index >= 15 is 0 Å². The maximum absolute atomic E-state index is 13.7. The van der Waals surface area contributed by atoms with E-state index in [1.807, 2.05) is 45.0 Å². The Kier molecular flexibility index (Phi) is 10.4. The van der Waals surface area contributed by atoms with Crippen LogP contribution in [0.25, 0.3) is 0 Å². The Morgan fingerprint density at radius 1 is 1.14 bits per heavy atom. The average molecular weight is 524 g/mol. The molecule has 0 saturated carbocycles. The third kappa shape index (κ3) is 7.60. The second-order valence-corrected chi connectivity index (χ2v) is 10.6. The van der Waals surface area contributed by atoms with Crippen LogP contribution in [-0.4, -0.2) is 57.6 Å². The van der Waals surface area contributed by atoms with Gasteiger partial charge in [-0.05, 0) is 49.1 Å². The van der Waals surface area contributed by atoms with Crippen molar-refractivity contribution in [3.63, 3.8) is 0 Å². The average Bonchev–Trinajstić information content (AvgIpc) is 2.81. The molecule has 2 aromatic rings. The van der Waals surface area contributed by atoms with Crippen molar-refractivity contribution < 1.29 is 22.7 Å². The number of methoxy groups -OCH3 is 1. The first kappa shape index (κ1) is 28.5. The third-order valence-electron chi connectivity index (χ3n) is 5.64. The number of benzene rings is 2. The highest BCUT2D eigenvalue weighted by Crippen LogP contribution is 2.30. The van der Waals surface area contributed by atoms with Crippen molar-refractivity contribution in [2.75, 3.05) is 30.8 Å². The van der Waals surface area contributed by atoms with Crippen LogP contribution in [0.2, 0.25) is 5.02 Å². The fourth-order valence-corrected chi connectivity index (χ4v) is 4.77. The largest absolute Gasteiger partial charge is 0.495 e. The molecule has 0 fully saturated rings. The number of hydrogen-bond donors (Lipinski definition) is 1. The Morgan fingerprint density at radius 3 is 2.37 bits per heavy atom. The molecule has 192 valence electrons. The van der Waals surface area contributed by atoms with Crippen LogP contribution in [0.5, 0.6) is 5.75 Å². The number of carbonyl (C=O) groups excluding carboxylic acids is 2. The predicted molar refractivity (Wildman–Crippen MR) is 139 cm³/mol. The number of halogens is 1. The van der Waals surface area contributed by atoms with Crippen molar-refractivity contribution in [2.24, 2.45) is 0 Å². The fourth-order valence-electron chi connectivity index (χ4n) is 3.68. The van der Waals surface area contributed by atoms with Crippen molar-refractivity contribution >= 4 is 39.1 Å². The number of hydrogen-bond acceptors (Lipinski definition) is 5. The number of rotatable bonds is 12. The lowest BCUT2D eigenvalue weighted by molar-refractivity contribution is -0.140. The van der Waals surface area contributed by atoms with Crippen LogP contribution in [-0.2, 0) is 26.2 Å².